The fraction of sp³-hybridized carbons (Fsp3) is 0.750. The summed E-state index contributed by atoms with van der Waals surface area (Å²) in [6.07, 6.45) is 4.83. The third-order valence-electron chi connectivity index (χ3n) is 4.25. The average Bonchev–Trinajstić information content (AvgIpc) is 2.87. The highest BCUT2D eigenvalue weighted by molar-refractivity contribution is 5.58. The Hall–Kier alpha value is -1.36. The van der Waals surface area contributed by atoms with Crippen LogP contribution < -0.4 is 10.2 Å². The second-order valence-electron chi connectivity index (χ2n) is 6.11. The molecule has 1 aromatic heterocycles. The van der Waals surface area contributed by atoms with Crippen LogP contribution in [-0.4, -0.2) is 40.8 Å². The van der Waals surface area contributed by atoms with Crippen molar-refractivity contribution < 1.29 is 5.11 Å². The van der Waals surface area contributed by atoms with Gasteiger partial charge in [0.1, 0.15) is 17.5 Å². The topological polar surface area (TPSA) is 61.3 Å². The number of anilines is 2. The zero-order valence-electron chi connectivity index (χ0n) is 13.7. The van der Waals surface area contributed by atoms with Crippen molar-refractivity contribution in [1.82, 2.24) is 9.97 Å². The number of aryl methyl sites for hydroxylation is 1. The molecule has 0 bridgehead atoms. The molecule has 1 heterocycles. The van der Waals surface area contributed by atoms with Crippen LogP contribution in [0.2, 0.25) is 0 Å². The molecule has 1 fully saturated rings. The van der Waals surface area contributed by atoms with Gasteiger partial charge in [-0.15, -0.1) is 0 Å². The van der Waals surface area contributed by atoms with Crippen molar-refractivity contribution >= 4 is 11.6 Å². The number of rotatable bonds is 6. The first kappa shape index (κ1) is 16.0. The fourth-order valence-corrected chi connectivity index (χ4v) is 3.13. The van der Waals surface area contributed by atoms with Crippen molar-refractivity contribution in [2.24, 2.45) is 0 Å². The van der Waals surface area contributed by atoms with Gasteiger partial charge in [-0.1, -0.05) is 19.8 Å². The highest BCUT2D eigenvalue weighted by Gasteiger charge is 2.33. The van der Waals surface area contributed by atoms with E-state index in [0.717, 1.165) is 61.7 Å². The van der Waals surface area contributed by atoms with E-state index in [1.807, 2.05) is 14.0 Å². The molecule has 0 atom stereocenters. The zero-order valence-corrected chi connectivity index (χ0v) is 13.7. The Morgan fingerprint density at radius 3 is 2.48 bits per heavy atom. The molecule has 0 saturated heterocycles. The predicted octanol–water partition coefficient (Wildman–Crippen LogP) is 2.52. The standard InChI is InChI=1S/C16H28N4O/c1-5-13-18-14(17-6-2)12(3)15(19-13)20(4)11-16(21)9-7-8-10-16/h21H,5-11H2,1-4H3,(H,17,18,19). The van der Waals surface area contributed by atoms with Crippen LogP contribution in [0.5, 0.6) is 0 Å². The minimum Gasteiger partial charge on any atom is -0.388 e. The molecule has 1 aliphatic rings. The van der Waals surface area contributed by atoms with Gasteiger partial charge in [-0.25, -0.2) is 9.97 Å². The van der Waals surface area contributed by atoms with E-state index in [-0.39, 0.29) is 0 Å². The van der Waals surface area contributed by atoms with Crippen LogP contribution in [0.15, 0.2) is 0 Å². The van der Waals surface area contributed by atoms with Gasteiger partial charge < -0.3 is 15.3 Å². The molecule has 0 spiro atoms. The zero-order chi connectivity index (χ0) is 15.5. The summed E-state index contributed by atoms with van der Waals surface area (Å²) in [5.41, 5.74) is 0.495. The Bertz CT molecular complexity index is 483. The minimum absolute atomic E-state index is 0.559. The highest BCUT2D eigenvalue weighted by Crippen LogP contribution is 2.32. The molecule has 0 aromatic carbocycles. The number of hydrogen-bond donors (Lipinski definition) is 2. The van der Waals surface area contributed by atoms with Gasteiger partial charge in [-0.2, -0.15) is 0 Å². The van der Waals surface area contributed by atoms with Crippen LogP contribution in [0.3, 0.4) is 0 Å². The van der Waals surface area contributed by atoms with E-state index < -0.39 is 5.60 Å². The maximum Gasteiger partial charge on any atom is 0.137 e. The lowest BCUT2D eigenvalue weighted by atomic mass is 10.0. The maximum atomic E-state index is 10.6. The largest absolute Gasteiger partial charge is 0.388 e. The normalized spacial score (nSPS) is 17.0. The molecule has 2 N–H and O–H groups in total. The first-order chi connectivity index (χ1) is 9.99. The lowest BCUT2D eigenvalue weighted by molar-refractivity contribution is 0.0557. The molecule has 1 aromatic rings. The van der Waals surface area contributed by atoms with E-state index in [4.69, 9.17) is 0 Å². The van der Waals surface area contributed by atoms with Crippen LogP contribution in [0.4, 0.5) is 11.6 Å². The maximum absolute atomic E-state index is 10.6. The van der Waals surface area contributed by atoms with Crippen molar-refractivity contribution in [3.8, 4) is 0 Å². The summed E-state index contributed by atoms with van der Waals surface area (Å²) in [6, 6.07) is 0. The fourth-order valence-electron chi connectivity index (χ4n) is 3.13. The summed E-state index contributed by atoms with van der Waals surface area (Å²) in [6.45, 7) is 7.65. The Kier molecular flexibility index (Phi) is 5.04. The molecular formula is C16H28N4O. The molecule has 0 radical (unpaired) electrons. The van der Waals surface area contributed by atoms with Gasteiger partial charge in [0, 0.05) is 32.1 Å². The summed E-state index contributed by atoms with van der Waals surface area (Å²) in [7, 11) is 2.01. The number of aliphatic hydroxyl groups is 1. The number of aromatic nitrogens is 2. The molecule has 2 rings (SSSR count). The Labute approximate surface area is 127 Å². The molecule has 0 aliphatic heterocycles. The van der Waals surface area contributed by atoms with Gasteiger partial charge >= 0.3 is 0 Å². The van der Waals surface area contributed by atoms with Gasteiger partial charge in [0.25, 0.3) is 0 Å². The molecule has 21 heavy (non-hydrogen) atoms. The molecule has 118 valence electrons. The van der Waals surface area contributed by atoms with E-state index in [2.05, 4.69) is 34.0 Å². The van der Waals surface area contributed by atoms with E-state index in [9.17, 15) is 5.11 Å². The first-order valence-electron chi connectivity index (χ1n) is 8.04. The number of nitrogens with one attached hydrogen (secondary N) is 1. The summed E-state index contributed by atoms with van der Waals surface area (Å²) in [5, 5.41) is 13.9. The smallest absolute Gasteiger partial charge is 0.137 e. The van der Waals surface area contributed by atoms with Crippen LogP contribution in [0.1, 0.15) is 50.9 Å². The minimum atomic E-state index is -0.559. The number of hydrogen-bond acceptors (Lipinski definition) is 5. The second kappa shape index (κ2) is 6.60. The number of likely N-dealkylation sites (N-methyl/N-ethyl adjacent to an activating group) is 1. The SMILES string of the molecule is CCNc1nc(CC)nc(N(C)CC2(O)CCCC2)c1C. The molecule has 1 saturated carbocycles. The van der Waals surface area contributed by atoms with Crippen LogP contribution >= 0.6 is 0 Å². The lowest BCUT2D eigenvalue weighted by Gasteiger charge is -2.30. The summed E-state index contributed by atoms with van der Waals surface area (Å²) in [5.74, 6) is 2.68. The van der Waals surface area contributed by atoms with Gasteiger partial charge in [-0.05, 0) is 26.7 Å². The molecule has 1 aliphatic carbocycles. The van der Waals surface area contributed by atoms with E-state index in [0.29, 0.717) is 6.54 Å². The molecular weight excluding hydrogens is 264 g/mol. The summed E-state index contributed by atoms with van der Waals surface area (Å²) in [4.78, 5) is 11.3. The van der Waals surface area contributed by atoms with Crippen molar-refractivity contribution in [3.05, 3.63) is 11.4 Å². The molecule has 5 heteroatoms. The first-order valence-corrected chi connectivity index (χ1v) is 8.04. The molecule has 0 amide bonds. The van der Waals surface area contributed by atoms with Crippen molar-refractivity contribution in [3.63, 3.8) is 0 Å². The third-order valence-corrected chi connectivity index (χ3v) is 4.25. The van der Waals surface area contributed by atoms with Gasteiger partial charge in [0.2, 0.25) is 0 Å². The molecule has 0 unspecified atom stereocenters. The second-order valence-corrected chi connectivity index (χ2v) is 6.11. The number of nitrogens with zero attached hydrogens (tertiary/aromatic N) is 3. The van der Waals surface area contributed by atoms with Gasteiger partial charge in [0.15, 0.2) is 0 Å². The lowest BCUT2D eigenvalue weighted by Crippen LogP contribution is -2.40. The summed E-state index contributed by atoms with van der Waals surface area (Å²) < 4.78 is 0. The van der Waals surface area contributed by atoms with Crippen LogP contribution in [-0.2, 0) is 6.42 Å². The summed E-state index contributed by atoms with van der Waals surface area (Å²) >= 11 is 0. The van der Waals surface area contributed by atoms with Crippen molar-refractivity contribution in [2.75, 3.05) is 30.4 Å². The van der Waals surface area contributed by atoms with E-state index >= 15 is 0 Å². The Morgan fingerprint density at radius 1 is 1.24 bits per heavy atom. The van der Waals surface area contributed by atoms with E-state index in [1.54, 1.807) is 0 Å². The quantitative estimate of drug-likeness (QED) is 0.843. The predicted molar refractivity (Wildman–Crippen MR) is 87.0 cm³/mol. The van der Waals surface area contributed by atoms with E-state index in [1.165, 1.54) is 0 Å². The van der Waals surface area contributed by atoms with Crippen molar-refractivity contribution in [1.29, 1.82) is 0 Å². The molecule has 5 nitrogen and oxygen atoms in total. The van der Waals surface area contributed by atoms with Crippen LogP contribution in [0, 0.1) is 6.92 Å². The van der Waals surface area contributed by atoms with Crippen LogP contribution in [0.25, 0.3) is 0 Å². The van der Waals surface area contributed by atoms with Crippen molar-refractivity contribution in [2.45, 2.75) is 58.5 Å². The Morgan fingerprint density at radius 2 is 1.90 bits per heavy atom. The Balaban J connectivity index is 2.26. The average molecular weight is 292 g/mol. The highest BCUT2D eigenvalue weighted by atomic mass is 16.3. The van der Waals surface area contributed by atoms with Gasteiger partial charge in [0.05, 0.1) is 5.60 Å². The van der Waals surface area contributed by atoms with Gasteiger partial charge in [-0.3, -0.25) is 0 Å². The third kappa shape index (κ3) is 3.64. The monoisotopic (exact) mass is 292 g/mol.